The molecule has 9 heteroatoms. The van der Waals surface area contributed by atoms with Crippen LogP contribution in [0.15, 0.2) is 42.5 Å². The molecule has 156 valence electrons. The summed E-state index contributed by atoms with van der Waals surface area (Å²) in [4.78, 5) is 24.1. The minimum atomic E-state index is -1.10. The zero-order chi connectivity index (χ0) is 22.1. The van der Waals surface area contributed by atoms with Gasteiger partial charge >= 0.3 is 5.97 Å². The molecule has 7 nitrogen and oxygen atoms in total. The highest BCUT2D eigenvalue weighted by atomic mass is 35.5. The summed E-state index contributed by atoms with van der Waals surface area (Å²) in [6, 6.07) is 10.4. The number of ether oxygens (including phenoxy) is 3. The number of amides is 1. The van der Waals surface area contributed by atoms with E-state index in [2.05, 4.69) is 5.32 Å². The van der Waals surface area contributed by atoms with Gasteiger partial charge < -0.3 is 19.5 Å². The van der Waals surface area contributed by atoms with Crippen LogP contribution in [0.4, 0.5) is 10.1 Å². The predicted octanol–water partition coefficient (Wildman–Crippen LogP) is 3.97. The van der Waals surface area contributed by atoms with Gasteiger partial charge in [0, 0.05) is 11.8 Å². The second-order valence-electron chi connectivity index (χ2n) is 5.89. The smallest absolute Gasteiger partial charge is 0.331 e. The molecule has 2 aromatic carbocycles. The molecule has 0 spiro atoms. The van der Waals surface area contributed by atoms with Gasteiger partial charge in [-0.2, -0.15) is 5.26 Å². The Morgan fingerprint density at radius 2 is 2.03 bits per heavy atom. The van der Waals surface area contributed by atoms with Crippen LogP contribution in [0.2, 0.25) is 5.02 Å². The summed E-state index contributed by atoms with van der Waals surface area (Å²) in [5.74, 6) is -1.16. The molecule has 2 aromatic rings. The van der Waals surface area contributed by atoms with Gasteiger partial charge in [0.2, 0.25) is 0 Å². The molecule has 0 radical (unpaired) electrons. The van der Waals surface area contributed by atoms with Gasteiger partial charge in [-0.05, 0) is 48.9 Å². The van der Waals surface area contributed by atoms with Gasteiger partial charge in [0.15, 0.2) is 24.2 Å². The van der Waals surface area contributed by atoms with Gasteiger partial charge in [0.05, 0.1) is 12.1 Å². The summed E-state index contributed by atoms with van der Waals surface area (Å²) < 4.78 is 28.6. The van der Waals surface area contributed by atoms with Gasteiger partial charge in [0.25, 0.3) is 5.91 Å². The second kappa shape index (κ2) is 10.8. The van der Waals surface area contributed by atoms with Crippen LogP contribution in [0.1, 0.15) is 12.5 Å². The van der Waals surface area contributed by atoms with Crippen LogP contribution >= 0.6 is 11.6 Å². The third-order valence-electron chi connectivity index (χ3n) is 3.74. The van der Waals surface area contributed by atoms with E-state index in [0.717, 1.165) is 12.1 Å². The highest BCUT2D eigenvalue weighted by molar-refractivity contribution is 6.31. The molecule has 1 atom stereocenters. The lowest BCUT2D eigenvalue weighted by molar-refractivity contribution is -0.148. The number of benzene rings is 2. The number of hydrogen-bond acceptors (Lipinski definition) is 6. The summed E-state index contributed by atoms with van der Waals surface area (Å²) in [7, 11) is 1.45. The Morgan fingerprint density at radius 3 is 2.70 bits per heavy atom. The van der Waals surface area contributed by atoms with Crippen LogP contribution < -0.4 is 14.8 Å². The predicted molar refractivity (Wildman–Crippen MR) is 109 cm³/mol. The number of nitriles is 1. The second-order valence-corrected chi connectivity index (χ2v) is 6.29. The van der Waals surface area contributed by atoms with Crippen molar-refractivity contribution >= 4 is 35.2 Å². The van der Waals surface area contributed by atoms with Crippen LogP contribution in [0.25, 0.3) is 6.08 Å². The minimum Gasteiger partial charge on any atom is -0.493 e. The van der Waals surface area contributed by atoms with Crippen molar-refractivity contribution in [2.75, 3.05) is 19.0 Å². The number of methoxy groups -OCH3 is 1. The number of anilines is 1. The molecule has 0 fully saturated rings. The molecular formula is C21H18ClFN2O5. The van der Waals surface area contributed by atoms with Crippen LogP contribution in [-0.4, -0.2) is 31.7 Å². The Morgan fingerprint density at radius 1 is 1.27 bits per heavy atom. The van der Waals surface area contributed by atoms with Crippen molar-refractivity contribution in [2.24, 2.45) is 0 Å². The number of hydrogen-bond donors (Lipinski definition) is 1. The van der Waals surface area contributed by atoms with Gasteiger partial charge in [-0.25, -0.2) is 9.18 Å². The molecule has 0 heterocycles. The zero-order valence-electron chi connectivity index (χ0n) is 16.1. The minimum absolute atomic E-state index is 0.123. The van der Waals surface area contributed by atoms with Crippen LogP contribution in [0, 0.1) is 17.1 Å². The van der Waals surface area contributed by atoms with Gasteiger partial charge in [0.1, 0.15) is 11.9 Å². The average Bonchev–Trinajstić information content (AvgIpc) is 2.73. The van der Waals surface area contributed by atoms with Crippen molar-refractivity contribution in [2.45, 2.75) is 13.0 Å². The number of rotatable bonds is 8. The lowest BCUT2D eigenvalue weighted by atomic mass is 10.2. The number of carbonyl (C=O) groups is 2. The van der Waals surface area contributed by atoms with Crippen LogP contribution in [-0.2, 0) is 14.3 Å². The number of nitrogens with one attached hydrogen (secondary N) is 1. The molecule has 0 saturated heterocycles. The van der Waals surface area contributed by atoms with E-state index in [1.807, 2.05) is 6.07 Å². The van der Waals surface area contributed by atoms with Gasteiger partial charge in [-0.15, -0.1) is 0 Å². The standard InChI is InChI=1S/C21H18ClFN2O5/c1-13(21(27)25-15-5-6-17(23)16(22)12-15)30-20(26)8-4-14-3-7-18(29-10-9-24)19(11-14)28-2/h3-8,11-13H,10H2,1-2H3,(H,25,27)/b8-4+/t13-/m0/s1. The monoisotopic (exact) mass is 432 g/mol. The summed E-state index contributed by atoms with van der Waals surface area (Å²) in [5, 5.41) is 10.9. The molecule has 0 aliphatic heterocycles. The Balaban J connectivity index is 1.95. The first-order valence-corrected chi connectivity index (χ1v) is 9.04. The Labute approximate surface area is 177 Å². The Hall–Kier alpha value is -3.57. The lowest BCUT2D eigenvalue weighted by Gasteiger charge is -2.12. The average molecular weight is 433 g/mol. The molecule has 0 aliphatic rings. The molecule has 0 aromatic heterocycles. The van der Waals surface area contributed by atoms with Crippen molar-refractivity contribution < 1.29 is 28.2 Å². The first kappa shape index (κ1) is 22.7. The number of carbonyl (C=O) groups excluding carboxylic acids is 2. The van der Waals surface area contributed by atoms with Crippen molar-refractivity contribution in [1.29, 1.82) is 5.26 Å². The van der Waals surface area contributed by atoms with Crippen molar-refractivity contribution in [3.63, 3.8) is 0 Å². The fourth-order valence-electron chi connectivity index (χ4n) is 2.27. The van der Waals surface area contributed by atoms with E-state index in [0.29, 0.717) is 17.1 Å². The first-order valence-electron chi connectivity index (χ1n) is 8.66. The summed E-state index contributed by atoms with van der Waals surface area (Å²) in [6.45, 7) is 1.28. The molecule has 0 unspecified atom stereocenters. The number of esters is 1. The molecule has 1 amide bonds. The van der Waals surface area contributed by atoms with E-state index in [1.165, 1.54) is 32.2 Å². The molecule has 0 saturated carbocycles. The van der Waals surface area contributed by atoms with E-state index >= 15 is 0 Å². The van der Waals surface area contributed by atoms with Crippen LogP contribution in [0.5, 0.6) is 11.5 Å². The van der Waals surface area contributed by atoms with E-state index in [-0.39, 0.29) is 17.3 Å². The maximum atomic E-state index is 13.2. The maximum absolute atomic E-state index is 13.2. The lowest BCUT2D eigenvalue weighted by Crippen LogP contribution is -2.29. The SMILES string of the molecule is COc1cc(/C=C/C(=O)O[C@@H](C)C(=O)Nc2ccc(F)c(Cl)c2)ccc1OCC#N. The van der Waals surface area contributed by atoms with E-state index in [9.17, 15) is 14.0 Å². The maximum Gasteiger partial charge on any atom is 0.331 e. The van der Waals surface area contributed by atoms with E-state index < -0.39 is 23.8 Å². The third kappa shape index (κ3) is 6.50. The summed E-state index contributed by atoms with van der Waals surface area (Å²) >= 11 is 5.67. The first-order chi connectivity index (χ1) is 14.3. The van der Waals surface area contributed by atoms with Crippen LogP contribution in [0.3, 0.4) is 0 Å². The van der Waals surface area contributed by atoms with Crippen molar-refractivity contribution in [3.05, 3.63) is 58.9 Å². The fraction of sp³-hybridized carbons (Fsp3) is 0.190. The molecule has 30 heavy (non-hydrogen) atoms. The zero-order valence-corrected chi connectivity index (χ0v) is 16.9. The summed E-state index contributed by atoms with van der Waals surface area (Å²) in [5.41, 5.74) is 0.891. The molecule has 2 rings (SSSR count). The van der Waals surface area contributed by atoms with E-state index in [1.54, 1.807) is 18.2 Å². The molecular weight excluding hydrogens is 415 g/mol. The fourth-order valence-corrected chi connectivity index (χ4v) is 2.45. The normalized spacial score (nSPS) is 11.4. The Bertz CT molecular complexity index is 1000. The number of halogens is 2. The topological polar surface area (TPSA) is 97.7 Å². The molecule has 0 bridgehead atoms. The highest BCUT2D eigenvalue weighted by Gasteiger charge is 2.17. The quantitative estimate of drug-likeness (QED) is 0.500. The largest absolute Gasteiger partial charge is 0.493 e. The third-order valence-corrected chi connectivity index (χ3v) is 4.03. The van der Waals surface area contributed by atoms with Gasteiger partial charge in [-0.3, -0.25) is 4.79 Å². The summed E-state index contributed by atoms with van der Waals surface area (Å²) in [6.07, 6.45) is 1.54. The highest BCUT2D eigenvalue weighted by Crippen LogP contribution is 2.28. The van der Waals surface area contributed by atoms with Gasteiger partial charge in [-0.1, -0.05) is 17.7 Å². The van der Waals surface area contributed by atoms with Crippen molar-refractivity contribution in [1.82, 2.24) is 0 Å². The molecule has 1 N–H and O–H groups in total. The molecule has 0 aliphatic carbocycles. The van der Waals surface area contributed by atoms with E-state index in [4.69, 9.17) is 31.1 Å². The number of nitrogens with zero attached hydrogens (tertiary/aromatic N) is 1. The van der Waals surface area contributed by atoms with Crippen molar-refractivity contribution in [3.8, 4) is 17.6 Å². The Kier molecular flexibility index (Phi) is 8.20.